The first-order valence-electron chi connectivity index (χ1n) is 8.97. The number of carbonyl (C=O) groups excluding carboxylic acids is 1. The third-order valence-electron chi connectivity index (χ3n) is 5.48. The number of rotatable bonds is 4. The van der Waals surface area contributed by atoms with E-state index in [9.17, 15) is 9.90 Å². The van der Waals surface area contributed by atoms with E-state index in [-0.39, 0.29) is 11.9 Å². The molecule has 4 heteroatoms. The first-order valence-corrected chi connectivity index (χ1v) is 8.97. The summed E-state index contributed by atoms with van der Waals surface area (Å²) in [5.41, 5.74) is 3.69. The monoisotopic (exact) mass is 336 g/mol. The third kappa shape index (κ3) is 3.27. The van der Waals surface area contributed by atoms with Gasteiger partial charge in [0.1, 0.15) is 5.75 Å². The zero-order valence-electron chi connectivity index (χ0n) is 14.6. The zero-order chi connectivity index (χ0) is 17.4. The number of hydrogen-bond donors (Lipinski definition) is 1. The van der Waals surface area contributed by atoms with Gasteiger partial charge in [0.05, 0.1) is 6.04 Å². The average Bonchev–Trinajstić information content (AvgIpc) is 2.91. The number of phenols is 1. The SMILES string of the molecule is Cc1ccc(CN2CC[C@@H](N3CC(c4ccc(O)cc4)C3)C2=O)cc1. The van der Waals surface area contributed by atoms with Crippen molar-refractivity contribution in [2.75, 3.05) is 19.6 Å². The highest BCUT2D eigenvalue weighted by molar-refractivity contribution is 5.84. The lowest BCUT2D eigenvalue weighted by atomic mass is 9.89. The summed E-state index contributed by atoms with van der Waals surface area (Å²) in [6.45, 7) is 5.50. The van der Waals surface area contributed by atoms with Crippen LogP contribution < -0.4 is 0 Å². The summed E-state index contributed by atoms with van der Waals surface area (Å²) in [7, 11) is 0. The summed E-state index contributed by atoms with van der Waals surface area (Å²) in [5.74, 6) is 1.04. The molecule has 0 spiro atoms. The average molecular weight is 336 g/mol. The molecule has 1 atom stereocenters. The van der Waals surface area contributed by atoms with Gasteiger partial charge in [0.15, 0.2) is 0 Å². The molecule has 0 saturated carbocycles. The van der Waals surface area contributed by atoms with Crippen LogP contribution in [0.15, 0.2) is 48.5 Å². The largest absolute Gasteiger partial charge is 0.508 e. The van der Waals surface area contributed by atoms with Crippen LogP contribution in [0.1, 0.15) is 29.0 Å². The summed E-state index contributed by atoms with van der Waals surface area (Å²) >= 11 is 0. The fourth-order valence-electron chi connectivity index (χ4n) is 3.86. The Balaban J connectivity index is 1.33. The highest BCUT2D eigenvalue weighted by Crippen LogP contribution is 2.32. The normalized spacial score (nSPS) is 21.6. The predicted octanol–water partition coefficient (Wildman–Crippen LogP) is 2.90. The van der Waals surface area contributed by atoms with E-state index in [4.69, 9.17) is 0 Å². The van der Waals surface area contributed by atoms with Gasteiger partial charge in [0.2, 0.25) is 5.91 Å². The van der Waals surface area contributed by atoms with Crippen molar-refractivity contribution in [1.29, 1.82) is 0 Å². The minimum Gasteiger partial charge on any atom is -0.508 e. The molecule has 25 heavy (non-hydrogen) atoms. The maximum atomic E-state index is 12.8. The Labute approximate surface area is 148 Å². The predicted molar refractivity (Wildman–Crippen MR) is 97.4 cm³/mol. The topological polar surface area (TPSA) is 43.8 Å². The highest BCUT2D eigenvalue weighted by Gasteiger charge is 2.41. The van der Waals surface area contributed by atoms with Crippen LogP contribution in [0.3, 0.4) is 0 Å². The molecule has 2 aliphatic rings. The second kappa shape index (κ2) is 6.52. The molecule has 4 rings (SSSR count). The Morgan fingerprint density at radius 1 is 1.04 bits per heavy atom. The van der Waals surface area contributed by atoms with Crippen molar-refractivity contribution in [2.24, 2.45) is 0 Å². The molecule has 130 valence electrons. The lowest BCUT2D eigenvalue weighted by Gasteiger charge is -2.42. The van der Waals surface area contributed by atoms with Gasteiger partial charge in [0.25, 0.3) is 0 Å². The van der Waals surface area contributed by atoms with E-state index in [0.717, 1.165) is 26.1 Å². The Morgan fingerprint density at radius 3 is 2.40 bits per heavy atom. The van der Waals surface area contributed by atoms with E-state index in [1.807, 2.05) is 17.0 Å². The maximum absolute atomic E-state index is 12.8. The summed E-state index contributed by atoms with van der Waals surface area (Å²) in [4.78, 5) is 17.0. The number of nitrogens with zero attached hydrogens (tertiary/aromatic N) is 2. The van der Waals surface area contributed by atoms with Crippen LogP contribution in [-0.2, 0) is 11.3 Å². The smallest absolute Gasteiger partial charge is 0.240 e. The first kappa shape index (κ1) is 16.2. The highest BCUT2D eigenvalue weighted by atomic mass is 16.3. The first-order chi connectivity index (χ1) is 12.1. The number of likely N-dealkylation sites (tertiary alicyclic amines) is 2. The number of aryl methyl sites for hydroxylation is 1. The van der Waals surface area contributed by atoms with E-state index >= 15 is 0 Å². The molecule has 4 nitrogen and oxygen atoms in total. The van der Waals surface area contributed by atoms with Gasteiger partial charge in [-0.15, -0.1) is 0 Å². The van der Waals surface area contributed by atoms with Gasteiger partial charge in [-0.2, -0.15) is 0 Å². The van der Waals surface area contributed by atoms with Crippen molar-refractivity contribution in [3.63, 3.8) is 0 Å². The van der Waals surface area contributed by atoms with Gasteiger partial charge in [0, 0.05) is 32.1 Å². The van der Waals surface area contributed by atoms with Crippen LogP contribution in [0, 0.1) is 6.92 Å². The molecule has 0 radical (unpaired) electrons. The second-order valence-electron chi connectivity index (χ2n) is 7.29. The van der Waals surface area contributed by atoms with Crippen molar-refractivity contribution in [3.8, 4) is 5.75 Å². The van der Waals surface area contributed by atoms with E-state index < -0.39 is 0 Å². The van der Waals surface area contributed by atoms with E-state index in [1.54, 1.807) is 12.1 Å². The summed E-state index contributed by atoms with van der Waals surface area (Å²) in [6.07, 6.45) is 0.924. The van der Waals surface area contributed by atoms with Crippen LogP contribution in [0.4, 0.5) is 0 Å². The standard InChI is InChI=1S/C21H24N2O2/c1-15-2-4-16(5-3-15)12-22-11-10-20(21(22)25)23-13-18(14-23)17-6-8-19(24)9-7-17/h2-9,18,20,24H,10-14H2,1H3/t20-/m1/s1. The van der Waals surface area contributed by atoms with Crippen molar-refractivity contribution in [3.05, 3.63) is 65.2 Å². The molecule has 2 aliphatic heterocycles. The molecule has 2 aromatic rings. The number of phenolic OH excluding ortho intramolecular Hbond substituents is 1. The van der Waals surface area contributed by atoms with Gasteiger partial charge >= 0.3 is 0 Å². The van der Waals surface area contributed by atoms with Crippen LogP contribution in [-0.4, -0.2) is 46.5 Å². The summed E-state index contributed by atoms with van der Waals surface area (Å²) in [5, 5.41) is 9.39. The Hall–Kier alpha value is -2.33. The number of aromatic hydroxyl groups is 1. The van der Waals surface area contributed by atoms with Crippen molar-refractivity contribution < 1.29 is 9.90 Å². The van der Waals surface area contributed by atoms with E-state index in [0.29, 0.717) is 18.2 Å². The fourth-order valence-corrected chi connectivity index (χ4v) is 3.86. The molecule has 1 amide bonds. The van der Waals surface area contributed by atoms with Crippen LogP contribution >= 0.6 is 0 Å². The molecule has 0 aromatic heterocycles. The van der Waals surface area contributed by atoms with Crippen LogP contribution in [0.25, 0.3) is 0 Å². The fraction of sp³-hybridized carbons (Fsp3) is 0.381. The Kier molecular flexibility index (Phi) is 4.22. The minimum absolute atomic E-state index is 0.0406. The Bertz CT molecular complexity index is 748. The van der Waals surface area contributed by atoms with Crippen molar-refractivity contribution in [2.45, 2.75) is 31.8 Å². The molecular formula is C21H24N2O2. The van der Waals surface area contributed by atoms with E-state index in [1.165, 1.54) is 16.7 Å². The summed E-state index contributed by atoms with van der Waals surface area (Å²) < 4.78 is 0. The van der Waals surface area contributed by atoms with Crippen LogP contribution in [0.2, 0.25) is 0 Å². The van der Waals surface area contributed by atoms with E-state index in [2.05, 4.69) is 36.1 Å². The quantitative estimate of drug-likeness (QED) is 0.934. The van der Waals surface area contributed by atoms with Gasteiger partial charge in [-0.25, -0.2) is 0 Å². The van der Waals surface area contributed by atoms with Gasteiger partial charge in [-0.3, -0.25) is 9.69 Å². The number of hydrogen-bond acceptors (Lipinski definition) is 3. The molecule has 0 aliphatic carbocycles. The van der Waals surface area contributed by atoms with Gasteiger partial charge < -0.3 is 10.0 Å². The van der Waals surface area contributed by atoms with Crippen LogP contribution in [0.5, 0.6) is 5.75 Å². The van der Waals surface area contributed by atoms with Crippen molar-refractivity contribution in [1.82, 2.24) is 9.80 Å². The zero-order valence-corrected chi connectivity index (χ0v) is 14.6. The number of benzene rings is 2. The summed E-state index contributed by atoms with van der Waals surface area (Å²) in [6, 6.07) is 15.9. The molecule has 2 heterocycles. The Morgan fingerprint density at radius 2 is 1.72 bits per heavy atom. The molecule has 2 aromatic carbocycles. The minimum atomic E-state index is 0.0406. The lowest BCUT2D eigenvalue weighted by Crippen LogP contribution is -2.53. The number of carbonyl (C=O) groups is 1. The molecular weight excluding hydrogens is 312 g/mol. The van der Waals surface area contributed by atoms with Crippen molar-refractivity contribution >= 4 is 5.91 Å². The molecule has 1 N–H and O–H groups in total. The number of amides is 1. The van der Waals surface area contributed by atoms with Gasteiger partial charge in [-0.05, 0) is 36.6 Å². The lowest BCUT2D eigenvalue weighted by molar-refractivity contribution is -0.134. The molecule has 2 saturated heterocycles. The maximum Gasteiger partial charge on any atom is 0.240 e. The molecule has 0 unspecified atom stereocenters. The molecule has 2 fully saturated rings. The van der Waals surface area contributed by atoms with Gasteiger partial charge in [-0.1, -0.05) is 42.0 Å². The molecule has 0 bridgehead atoms. The third-order valence-corrected chi connectivity index (χ3v) is 5.48. The second-order valence-corrected chi connectivity index (χ2v) is 7.29.